The molecule has 0 aliphatic rings. The van der Waals surface area contributed by atoms with Crippen molar-refractivity contribution in [1.29, 1.82) is 0 Å². The summed E-state index contributed by atoms with van der Waals surface area (Å²) in [7, 11) is 0. The van der Waals surface area contributed by atoms with Crippen LogP contribution in [0.15, 0.2) is 35.0 Å². The lowest BCUT2D eigenvalue weighted by molar-refractivity contribution is -0.0884. The summed E-state index contributed by atoms with van der Waals surface area (Å²) in [5.41, 5.74) is 8.23. The highest BCUT2D eigenvalue weighted by molar-refractivity contribution is 6.30. The number of aryl methyl sites for hydroxylation is 3. The number of allylic oxidation sites excluding steroid dienone is 3. The van der Waals surface area contributed by atoms with Gasteiger partial charge in [0.2, 0.25) is 0 Å². The minimum atomic E-state index is -4.51. The second-order valence-electron chi connectivity index (χ2n) is 5.16. The van der Waals surface area contributed by atoms with Gasteiger partial charge in [-0.1, -0.05) is 30.7 Å². The summed E-state index contributed by atoms with van der Waals surface area (Å²) in [4.78, 5) is 0. The highest BCUT2D eigenvalue weighted by Gasteiger charge is 2.32. The van der Waals surface area contributed by atoms with Crippen molar-refractivity contribution in [2.75, 3.05) is 0 Å². The summed E-state index contributed by atoms with van der Waals surface area (Å²) in [6, 6.07) is 3.97. The van der Waals surface area contributed by atoms with Crippen molar-refractivity contribution in [3.8, 4) is 0 Å². The van der Waals surface area contributed by atoms with Crippen molar-refractivity contribution in [1.82, 2.24) is 0 Å². The lowest BCUT2D eigenvalue weighted by Crippen LogP contribution is -2.12. The predicted octanol–water partition coefficient (Wildman–Crippen LogP) is 5.24. The topological polar surface area (TPSA) is 26.0 Å². The maximum absolute atomic E-state index is 12.7. The van der Waals surface area contributed by atoms with E-state index in [2.05, 4.69) is 0 Å². The van der Waals surface area contributed by atoms with Crippen molar-refractivity contribution in [3.05, 3.63) is 57.3 Å². The monoisotopic (exact) mass is 317 g/mol. The quantitative estimate of drug-likeness (QED) is 0.758. The molecule has 1 nitrogen and oxygen atoms in total. The first-order valence-corrected chi connectivity index (χ1v) is 6.89. The lowest BCUT2D eigenvalue weighted by Gasteiger charge is -2.17. The summed E-state index contributed by atoms with van der Waals surface area (Å²) in [5, 5.41) is 0.107. The molecule has 0 radical (unpaired) electrons. The average molecular weight is 318 g/mol. The number of halogens is 4. The Kier molecular flexibility index (Phi) is 5.51. The van der Waals surface area contributed by atoms with Gasteiger partial charge in [-0.05, 0) is 49.1 Å². The van der Waals surface area contributed by atoms with Crippen LogP contribution >= 0.6 is 11.6 Å². The molecule has 5 heteroatoms. The van der Waals surface area contributed by atoms with E-state index in [4.69, 9.17) is 17.3 Å². The normalized spacial score (nSPS) is 15.2. The summed E-state index contributed by atoms with van der Waals surface area (Å²) in [6.07, 6.45) is -3.09. The SMILES string of the molecule is Cc1cc(C)c(C(C)/C(Cl)=C\C(=CN)C(F)(F)F)cc1C. The third-order valence-corrected chi connectivity index (χ3v) is 4.00. The lowest BCUT2D eigenvalue weighted by atomic mass is 9.91. The molecule has 0 aromatic heterocycles. The van der Waals surface area contributed by atoms with Crippen LogP contribution in [0.1, 0.15) is 35.1 Å². The molecule has 0 aliphatic carbocycles. The first-order chi connectivity index (χ1) is 9.57. The molecule has 0 spiro atoms. The molecule has 0 heterocycles. The molecular formula is C16H19ClF3N. The van der Waals surface area contributed by atoms with Crippen molar-refractivity contribution in [2.45, 2.75) is 39.8 Å². The molecule has 1 rings (SSSR count). The first-order valence-electron chi connectivity index (χ1n) is 6.51. The summed E-state index contributed by atoms with van der Waals surface area (Å²) in [6.45, 7) is 7.66. The largest absolute Gasteiger partial charge is 0.417 e. The van der Waals surface area contributed by atoms with Crippen LogP contribution in [0, 0.1) is 20.8 Å². The van der Waals surface area contributed by atoms with E-state index in [1.54, 1.807) is 6.92 Å². The molecule has 2 N–H and O–H groups in total. The molecule has 1 unspecified atom stereocenters. The third-order valence-electron chi connectivity index (χ3n) is 3.56. The Morgan fingerprint density at radius 1 is 1.14 bits per heavy atom. The predicted molar refractivity (Wildman–Crippen MR) is 81.3 cm³/mol. The number of alkyl halides is 3. The maximum atomic E-state index is 12.7. The van der Waals surface area contributed by atoms with E-state index < -0.39 is 11.7 Å². The summed E-state index contributed by atoms with van der Waals surface area (Å²) >= 11 is 6.07. The number of rotatable bonds is 3. The van der Waals surface area contributed by atoms with E-state index in [1.807, 2.05) is 32.9 Å². The third kappa shape index (κ3) is 4.27. The maximum Gasteiger partial charge on any atom is 0.417 e. The fraction of sp³-hybridized carbons (Fsp3) is 0.375. The molecule has 0 saturated heterocycles. The van der Waals surface area contributed by atoms with Gasteiger partial charge in [0.15, 0.2) is 0 Å². The van der Waals surface area contributed by atoms with Gasteiger partial charge in [0.05, 0.1) is 5.57 Å². The molecule has 1 atom stereocenters. The standard InChI is InChI=1S/C16H19ClF3N/c1-9-5-11(3)14(6-10(9)2)12(4)15(17)7-13(8-21)16(18,19)20/h5-8,12H,21H2,1-4H3/b13-8?,15-7+. The molecule has 21 heavy (non-hydrogen) atoms. The van der Waals surface area contributed by atoms with Crippen LogP contribution in [0.25, 0.3) is 0 Å². The zero-order valence-electron chi connectivity index (χ0n) is 12.5. The molecule has 0 saturated carbocycles. The Bertz CT molecular complexity index is 586. The zero-order chi connectivity index (χ0) is 16.4. The van der Waals surface area contributed by atoms with Crippen molar-refractivity contribution in [3.63, 3.8) is 0 Å². The molecule has 116 valence electrons. The molecular weight excluding hydrogens is 299 g/mol. The van der Waals surface area contributed by atoms with E-state index in [9.17, 15) is 13.2 Å². The molecule has 0 bridgehead atoms. The molecule has 0 amide bonds. The van der Waals surface area contributed by atoms with E-state index in [-0.39, 0.29) is 11.0 Å². The summed E-state index contributed by atoms with van der Waals surface area (Å²) in [5.74, 6) is -0.330. The fourth-order valence-corrected chi connectivity index (χ4v) is 2.33. The molecule has 0 aliphatic heterocycles. The highest BCUT2D eigenvalue weighted by Crippen LogP contribution is 2.34. The van der Waals surface area contributed by atoms with E-state index >= 15 is 0 Å². The Labute approximate surface area is 128 Å². The number of hydrogen-bond donors (Lipinski definition) is 1. The second kappa shape index (κ2) is 6.56. The highest BCUT2D eigenvalue weighted by atomic mass is 35.5. The van der Waals surface area contributed by atoms with Crippen LogP contribution in [0.4, 0.5) is 13.2 Å². The van der Waals surface area contributed by atoms with Crippen LogP contribution in [0.3, 0.4) is 0 Å². The van der Waals surface area contributed by atoms with Gasteiger partial charge in [0.1, 0.15) is 0 Å². The average Bonchev–Trinajstić information content (AvgIpc) is 2.37. The van der Waals surface area contributed by atoms with Crippen LogP contribution in [-0.2, 0) is 0 Å². The van der Waals surface area contributed by atoms with E-state index in [0.717, 1.165) is 28.3 Å². The van der Waals surface area contributed by atoms with Crippen LogP contribution in [0.5, 0.6) is 0 Å². The van der Waals surface area contributed by atoms with Crippen LogP contribution < -0.4 is 5.73 Å². The zero-order valence-corrected chi connectivity index (χ0v) is 13.2. The van der Waals surface area contributed by atoms with Gasteiger partial charge in [-0.3, -0.25) is 0 Å². The van der Waals surface area contributed by atoms with Gasteiger partial charge >= 0.3 is 6.18 Å². The van der Waals surface area contributed by atoms with Crippen molar-refractivity contribution < 1.29 is 13.2 Å². The van der Waals surface area contributed by atoms with Gasteiger partial charge < -0.3 is 5.73 Å². The smallest absolute Gasteiger partial charge is 0.404 e. The van der Waals surface area contributed by atoms with Crippen molar-refractivity contribution in [2.24, 2.45) is 5.73 Å². The molecule has 1 aromatic rings. The van der Waals surface area contributed by atoms with Gasteiger partial charge in [-0.2, -0.15) is 13.2 Å². The number of benzene rings is 1. The Hall–Kier alpha value is -1.42. The van der Waals surface area contributed by atoms with Crippen LogP contribution in [0.2, 0.25) is 0 Å². The Balaban J connectivity index is 3.19. The molecule has 1 aromatic carbocycles. The van der Waals surface area contributed by atoms with Gasteiger partial charge in [0, 0.05) is 17.2 Å². The van der Waals surface area contributed by atoms with E-state index in [1.165, 1.54) is 0 Å². The Morgan fingerprint density at radius 2 is 1.67 bits per heavy atom. The number of hydrogen-bond acceptors (Lipinski definition) is 1. The van der Waals surface area contributed by atoms with Gasteiger partial charge in [-0.15, -0.1) is 0 Å². The Morgan fingerprint density at radius 3 is 2.14 bits per heavy atom. The second-order valence-corrected chi connectivity index (χ2v) is 5.60. The van der Waals surface area contributed by atoms with Gasteiger partial charge in [-0.25, -0.2) is 0 Å². The fourth-order valence-electron chi connectivity index (χ4n) is 2.10. The summed E-state index contributed by atoms with van der Waals surface area (Å²) < 4.78 is 38.1. The van der Waals surface area contributed by atoms with E-state index in [0.29, 0.717) is 6.20 Å². The molecule has 0 fully saturated rings. The minimum absolute atomic E-state index is 0.107. The minimum Gasteiger partial charge on any atom is -0.404 e. The van der Waals surface area contributed by atoms with Crippen molar-refractivity contribution >= 4 is 11.6 Å². The van der Waals surface area contributed by atoms with Crippen LogP contribution in [-0.4, -0.2) is 6.18 Å². The number of nitrogens with two attached hydrogens (primary N) is 1. The van der Waals surface area contributed by atoms with Gasteiger partial charge in [0.25, 0.3) is 0 Å². The first kappa shape index (κ1) is 17.6.